The fourth-order valence-corrected chi connectivity index (χ4v) is 3.05. The molecule has 0 spiro atoms. The lowest BCUT2D eigenvalue weighted by Crippen LogP contribution is -2.34. The molecule has 1 aromatic rings. The second-order valence-electron chi connectivity index (χ2n) is 6.24. The fraction of sp³-hybridized carbons (Fsp3) is 0.647. The Morgan fingerprint density at radius 1 is 1.20 bits per heavy atom. The molecule has 2 rings (SSSR count). The van der Waals surface area contributed by atoms with Gasteiger partial charge in [0.1, 0.15) is 5.75 Å². The summed E-state index contributed by atoms with van der Waals surface area (Å²) in [6.45, 7) is 9.14. The minimum atomic E-state index is 0.290. The number of nitrogens with zero attached hydrogens (tertiary/aromatic N) is 1. The van der Waals surface area contributed by atoms with E-state index in [-0.39, 0.29) is 6.04 Å². The molecule has 0 aliphatic carbocycles. The van der Waals surface area contributed by atoms with Crippen LogP contribution in [-0.4, -0.2) is 35.2 Å². The number of phenolic OH excluding ortho intramolecular Hbond substituents is 1. The molecule has 0 aromatic heterocycles. The van der Waals surface area contributed by atoms with Gasteiger partial charge in [-0.1, -0.05) is 12.1 Å². The molecule has 112 valence electrons. The van der Waals surface area contributed by atoms with Crippen LogP contribution < -0.4 is 5.32 Å². The minimum absolute atomic E-state index is 0.290. The van der Waals surface area contributed by atoms with E-state index in [4.69, 9.17) is 0 Å². The highest BCUT2D eigenvalue weighted by Gasteiger charge is 2.20. The Morgan fingerprint density at radius 2 is 2.00 bits per heavy atom. The van der Waals surface area contributed by atoms with Gasteiger partial charge in [0, 0.05) is 18.1 Å². The Hall–Kier alpha value is -1.06. The predicted octanol–water partition coefficient (Wildman–Crippen LogP) is 3.31. The molecule has 0 amide bonds. The molecule has 20 heavy (non-hydrogen) atoms. The first kappa shape index (κ1) is 15.3. The zero-order valence-corrected chi connectivity index (χ0v) is 13.0. The van der Waals surface area contributed by atoms with E-state index in [9.17, 15) is 5.11 Å². The van der Waals surface area contributed by atoms with Crippen molar-refractivity contribution >= 4 is 0 Å². The van der Waals surface area contributed by atoms with Crippen LogP contribution in [-0.2, 0) is 0 Å². The number of aromatic hydroxyl groups is 1. The summed E-state index contributed by atoms with van der Waals surface area (Å²) in [5, 5.41) is 13.3. The van der Waals surface area contributed by atoms with Crippen LogP contribution in [0.2, 0.25) is 0 Å². The first-order valence-electron chi connectivity index (χ1n) is 7.85. The predicted molar refractivity (Wildman–Crippen MR) is 84.0 cm³/mol. The maximum Gasteiger partial charge on any atom is 0.115 e. The number of benzene rings is 1. The molecule has 0 saturated carbocycles. The van der Waals surface area contributed by atoms with E-state index in [0.29, 0.717) is 17.8 Å². The number of likely N-dealkylation sites (tertiary alicyclic amines) is 1. The zero-order chi connectivity index (χ0) is 14.5. The molecule has 1 aromatic carbocycles. The van der Waals surface area contributed by atoms with Crippen molar-refractivity contribution in [3.05, 3.63) is 29.8 Å². The number of hydrogen-bond donors (Lipinski definition) is 2. The number of rotatable bonds is 4. The average molecular weight is 276 g/mol. The van der Waals surface area contributed by atoms with E-state index in [0.717, 1.165) is 5.56 Å². The van der Waals surface area contributed by atoms with Gasteiger partial charge in [0.2, 0.25) is 0 Å². The van der Waals surface area contributed by atoms with Crippen LogP contribution in [0.3, 0.4) is 0 Å². The zero-order valence-electron chi connectivity index (χ0n) is 13.0. The number of nitrogens with one attached hydrogen (secondary N) is 1. The van der Waals surface area contributed by atoms with Crippen molar-refractivity contribution in [2.45, 2.75) is 58.2 Å². The summed E-state index contributed by atoms with van der Waals surface area (Å²) < 4.78 is 0. The van der Waals surface area contributed by atoms with Crippen LogP contribution in [0.5, 0.6) is 5.75 Å². The summed E-state index contributed by atoms with van der Waals surface area (Å²) in [4.78, 5) is 2.57. The second-order valence-corrected chi connectivity index (χ2v) is 6.24. The molecule has 2 N–H and O–H groups in total. The summed E-state index contributed by atoms with van der Waals surface area (Å²) in [5.41, 5.74) is 1.16. The number of phenols is 1. The SMILES string of the molecule is CC(NC1CCCN(C(C)C)CC1)c1cccc(O)c1. The van der Waals surface area contributed by atoms with Gasteiger partial charge >= 0.3 is 0 Å². The third-order valence-electron chi connectivity index (χ3n) is 4.35. The Bertz CT molecular complexity index is 419. The third-order valence-corrected chi connectivity index (χ3v) is 4.35. The molecule has 3 nitrogen and oxygen atoms in total. The third kappa shape index (κ3) is 4.22. The molecule has 0 radical (unpaired) electrons. The van der Waals surface area contributed by atoms with Gasteiger partial charge < -0.3 is 15.3 Å². The molecule has 0 bridgehead atoms. The second kappa shape index (κ2) is 7.09. The lowest BCUT2D eigenvalue weighted by atomic mass is 10.0. The van der Waals surface area contributed by atoms with Crippen LogP contribution in [0.4, 0.5) is 0 Å². The van der Waals surface area contributed by atoms with Gasteiger partial charge in [-0.2, -0.15) is 0 Å². The first-order chi connectivity index (χ1) is 9.56. The summed E-state index contributed by atoms with van der Waals surface area (Å²) in [6.07, 6.45) is 3.72. The largest absolute Gasteiger partial charge is 0.508 e. The van der Waals surface area contributed by atoms with Crippen LogP contribution in [0, 0.1) is 0 Å². The van der Waals surface area contributed by atoms with Gasteiger partial charge in [-0.05, 0) is 70.8 Å². The molecular formula is C17H28N2O. The molecular weight excluding hydrogens is 248 g/mol. The molecule has 1 aliphatic rings. The molecule has 3 heteroatoms. The van der Waals surface area contributed by atoms with Crippen molar-refractivity contribution in [3.8, 4) is 5.75 Å². The van der Waals surface area contributed by atoms with Gasteiger partial charge in [0.25, 0.3) is 0 Å². The van der Waals surface area contributed by atoms with Gasteiger partial charge in [0.05, 0.1) is 0 Å². The Balaban J connectivity index is 1.90. The van der Waals surface area contributed by atoms with Crippen molar-refractivity contribution < 1.29 is 5.11 Å². The normalized spacial score (nSPS) is 22.7. The van der Waals surface area contributed by atoms with Gasteiger partial charge in [0.15, 0.2) is 0 Å². The summed E-state index contributed by atoms with van der Waals surface area (Å²) in [6, 6.07) is 9.09. The number of hydrogen-bond acceptors (Lipinski definition) is 3. The van der Waals surface area contributed by atoms with Crippen LogP contribution >= 0.6 is 0 Å². The van der Waals surface area contributed by atoms with Crippen molar-refractivity contribution in [1.29, 1.82) is 0 Å². The summed E-state index contributed by atoms with van der Waals surface area (Å²) >= 11 is 0. The molecule has 1 saturated heterocycles. The van der Waals surface area contributed by atoms with Gasteiger partial charge in [-0.3, -0.25) is 0 Å². The monoisotopic (exact) mass is 276 g/mol. The van der Waals surface area contributed by atoms with Crippen molar-refractivity contribution in [2.75, 3.05) is 13.1 Å². The first-order valence-corrected chi connectivity index (χ1v) is 7.85. The maximum absolute atomic E-state index is 9.57. The van der Waals surface area contributed by atoms with Crippen LogP contribution in [0.1, 0.15) is 51.6 Å². The Labute approximate surface area is 123 Å². The highest BCUT2D eigenvalue weighted by molar-refractivity contribution is 5.29. The van der Waals surface area contributed by atoms with E-state index in [1.807, 2.05) is 12.1 Å². The Morgan fingerprint density at radius 3 is 2.70 bits per heavy atom. The average Bonchev–Trinajstić information content (AvgIpc) is 2.64. The van der Waals surface area contributed by atoms with E-state index in [1.54, 1.807) is 6.07 Å². The molecule has 2 unspecified atom stereocenters. The lowest BCUT2D eigenvalue weighted by molar-refractivity contribution is 0.228. The van der Waals surface area contributed by atoms with Crippen LogP contribution in [0.15, 0.2) is 24.3 Å². The lowest BCUT2D eigenvalue weighted by Gasteiger charge is -2.25. The van der Waals surface area contributed by atoms with E-state index in [1.165, 1.54) is 32.4 Å². The summed E-state index contributed by atoms with van der Waals surface area (Å²) in [7, 11) is 0. The van der Waals surface area contributed by atoms with Crippen molar-refractivity contribution in [2.24, 2.45) is 0 Å². The topological polar surface area (TPSA) is 35.5 Å². The standard InChI is InChI=1S/C17H28N2O/c1-13(2)19-10-5-7-16(9-11-19)18-14(3)15-6-4-8-17(20)12-15/h4,6,8,12-14,16,18,20H,5,7,9-11H2,1-3H3. The molecule has 1 fully saturated rings. The van der Waals surface area contributed by atoms with E-state index < -0.39 is 0 Å². The molecule has 1 aliphatic heterocycles. The minimum Gasteiger partial charge on any atom is -0.508 e. The summed E-state index contributed by atoms with van der Waals surface area (Å²) in [5.74, 6) is 0.350. The highest BCUT2D eigenvalue weighted by Crippen LogP contribution is 2.21. The van der Waals surface area contributed by atoms with E-state index in [2.05, 4.69) is 37.1 Å². The Kier molecular flexibility index (Phi) is 5.44. The van der Waals surface area contributed by atoms with Gasteiger partial charge in [-0.15, -0.1) is 0 Å². The fourth-order valence-electron chi connectivity index (χ4n) is 3.05. The van der Waals surface area contributed by atoms with E-state index >= 15 is 0 Å². The quantitative estimate of drug-likeness (QED) is 0.885. The van der Waals surface area contributed by atoms with Crippen molar-refractivity contribution in [1.82, 2.24) is 10.2 Å². The van der Waals surface area contributed by atoms with Gasteiger partial charge in [-0.25, -0.2) is 0 Å². The maximum atomic E-state index is 9.57. The van der Waals surface area contributed by atoms with Crippen LogP contribution in [0.25, 0.3) is 0 Å². The molecule has 1 heterocycles. The highest BCUT2D eigenvalue weighted by atomic mass is 16.3. The molecule has 2 atom stereocenters. The van der Waals surface area contributed by atoms with Crippen molar-refractivity contribution in [3.63, 3.8) is 0 Å². The smallest absolute Gasteiger partial charge is 0.115 e.